The van der Waals surface area contributed by atoms with E-state index >= 15 is 0 Å². The average Bonchev–Trinajstić information content (AvgIpc) is 3.18. The molecule has 0 aliphatic rings. The molecule has 0 saturated heterocycles. The molecule has 1 aromatic carbocycles. The third kappa shape index (κ3) is 4.81. The molecule has 5 nitrogen and oxygen atoms in total. The van der Waals surface area contributed by atoms with Gasteiger partial charge in [0.05, 0.1) is 21.3 Å². The lowest BCUT2D eigenvalue weighted by Crippen LogP contribution is -2.46. The molecule has 0 saturated carbocycles. The number of halogens is 1. The number of hydrogen-bond donors (Lipinski definition) is 2. The first kappa shape index (κ1) is 23.0. The van der Waals surface area contributed by atoms with Gasteiger partial charge in [-0.2, -0.15) is 0 Å². The normalized spacial score (nSPS) is 16.1. The molecule has 3 rings (SSSR count). The van der Waals surface area contributed by atoms with Gasteiger partial charge in [0.25, 0.3) is 0 Å². The Morgan fingerprint density at radius 1 is 1.20 bits per heavy atom. The third-order valence-electron chi connectivity index (χ3n) is 4.90. The lowest BCUT2D eigenvalue weighted by Gasteiger charge is -2.34. The van der Waals surface area contributed by atoms with E-state index in [1.807, 2.05) is 64.3 Å². The molecule has 0 spiro atoms. The summed E-state index contributed by atoms with van der Waals surface area (Å²) in [5, 5.41) is 13.0. The lowest BCUT2D eigenvalue weighted by atomic mass is 9.86. The summed E-state index contributed by atoms with van der Waals surface area (Å²) in [5.41, 5.74) is 2.77. The van der Waals surface area contributed by atoms with Crippen molar-refractivity contribution in [3.63, 3.8) is 0 Å². The number of aliphatic hydroxyl groups excluding tert-OH is 1. The Hall–Kier alpha value is -1.64. The zero-order valence-electron chi connectivity index (χ0n) is 17.6. The number of benzene rings is 1. The van der Waals surface area contributed by atoms with E-state index in [2.05, 4.69) is 20.8 Å². The SMILES string of the molecule is Cc1cccc(C(C)(NS(=O)C(C)(C)C)c2csc(C(O)c3cncnc3Cl)c2)c1. The second-order valence-corrected chi connectivity index (χ2v) is 11.7. The molecule has 0 aliphatic heterocycles. The van der Waals surface area contributed by atoms with Gasteiger partial charge in [-0.15, -0.1) is 11.3 Å². The van der Waals surface area contributed by atoms with Crippen LogP contribution in [0, 0.1) is 6.92 Å². The number of nitrogens with zero attached hydrogens (tertiary/aromatic N) is 2. The van der Waals surface area contributed by atoms with Gasteiger partial charge in [-0.05, 0) is 57.2 Å². The number of rotatable bonds is 6. The van der Waals surface area contributed by atoms with Crippen molar-refractivity contribution in [2.75, 3.05) is 0 Å². The average molecular weight is 464 g/mol. The van der Waals surface area contributed by atoms with E-state index in [9.17, 15) is 9.32 Å². The molecule has 0 radical (unpaired) electrons. The summed E-state index contributed by atoms with van der Waals surface area (Å²) >= 11 is 7.56. The number of aliphatic hydroxyl groups is 1. The van der Waals surface area contributed by atoms with Crippen molar-refractivity contribution >= 4 is 33.9 Å². The highest BCUT2D eigenvalue weighted by Crippen LogP contribution is 2.38. The van der Waals surface area contributed by atoms with Crippen molar-refractivity contribution in [2.45, 2.75) is 51.0 Å². The van der Waals surface area contributed by atoms with E-state index < -0.39 is 27.4 Å². The molecule has 0 bridgehead atoms. The Morgan fingerprint density at radius 2 is 1.93 bits per heavy atom. The van der Waals surface area contributed by atoms with Gasteiger partial charge in [0.15, 0.2) is 0 Å². The number of nitrogens with one attached hydrogen (secondary N) is 1. The van der Waals surface area contributed by atoms with E-state index in [0.29, 0.717) is 10.4 Å². The van der Waals surface area contributed by atoms with Crippen LogP contribution in [0.2, 0.25) is 5.15 Å². The molecule has 2 N–H and O–H groups in total. The van der Waals surface area contributed by atoms with Crippen molar-refractivity contribution in [1.29, 1.82) is 0 Å². The van der Waals surface area contributed by atoms with E-state index in [-0.39, 0.29) is 5.15 Å². The molecule has 2 aromatic heterocycles. The van der Waals surface area contributed by atoms with Gasteiger partial charge in [0, 0.05) is 16.6 Å². The van der Waals surface area contributed by atoms with Crippen LogP contribution in [0.4, 0.5) is 0 Å². The van der Waals surface area contributed by atoms with Crippen molar-refractivity contribution in [3.8, 4) is 0 Å². The van der Waals surface area contributed by atoms with Crippen LogP contribution in [0.3, 0.4) is 0 Å². The molecule has 160 valence electrons. The van der Waals surface area contributed by atoms with Crippen molar-refractivity contribution in [3.05, 3.63) is 80.5 Å². The van der Waals surface area contributed by atoms with Gasteiger partial charge >= 0.3 is 0 Å². The van der Waals surface area contributed by atoms with Crippen molar-refractivity contribution in [1.82, 2.24) is 14.7 Å². The van der Waals surface area contributed by atoms with Crippen LogP contribution < -0.4 is 4.72 Å². The molecule has 2 heterocycles. The molecule has 0 aliphatic carbocycles. The third-order valence-corrected chi connectivity index (χ3v) is 7.91. The quantitative estimate of drug-likeness (QED) is 0.510. The second-order valence-electron chi connectivity index (χ2n) is 8.39. The van der Waals surface area contributed by atoms with Crippen LogP contribution in [0.15, 0.2) is 48.2 Å². The smallest absolute Gasteiger partial charge is 0.138 e. The highest BCUT2D eigenvalue weighted by atomic mass is 35.5. The fraction of sp³-hybridized carbons (Fsp3) is 0.364. The predicted molar refractivity (Wildman–Crippen MR) is 124 cm³/mol. The summed E-state index contributed by atoms with van der Waals surface area (Å²) in [6, 6.07) is 10.1. The molecular weight excluding hydrogens is 438 g/mol. The van der Waals surface area contributed by atoms with Gasteiger partial charge in [0.2, 0.25) is 0 Å². The van der Waals surface area contributed by atoms with Crippen LogP contribution in [-0.2, 0) is 16.5 Å². The number of aromatic nitrogens is 2. The molecule has 0 fully saturated rings. The van der Waals surface area contributed by atoms with Crippen molar-refractivity contribution in [2.24, 2.45) is 0 Å². The van der Waals surface area contributed by atoms with E-state index in [1.165, 1.54) is 23.9 Å². The summed E-state index contributed by atoms with van der Waals surface area (Å²) in [6.07, 6.45) is 1.93. The second kappa shape index (κ2) is 8.85. The highest BCUT2D eigenvalue weighted by Gasteiger charge is 2.35. The largest absolute Gasteiger partial charge is 0.383 e. The van der Waals surface area contributed by atoms with Gasteiger partial charge < -0.3 is 5.11 Å². The summed E-state index contributed by atoms with van der Waals surface area (Å²) < 4.78 is 15.9. The molecular formula is C22H26ClN3O2S2. The minimum atomic E-state index is -1.30. The fourth-order valence-corrected chi connectivity index (χ4v) is 5.13. The molecule has 3 unspecified atom stereocenters. The first-order valence-electron chi connectivity index (χ1n) is 9.51. The van der Waals surface area contributed by atoms with E-state index in [0.717, 1.165) is 16.7 Å². The fourth-order valence-electron chi connectivity index (χ4n) is 3.00. The zero-order valence-corrected chi connectivity index (χ0v) is 20.0. The minimum Gasteiger partial charge on any atom is -0.383 e. The minimum absolute atomic E-state index is 0.223. The van der Waals surface area contributed by atoms with Crippen molar-refractivity contribution < 1.29 is 9.32 Å². The van der Waals surface area contributed by atoms with Crippen LogP contribution in [0.5, 0.6) is 0 Å². The van der Waals surface area contributed by atoms with E-state index in [1.54, 1.807) is 0 Å². The molecule has 3 aromatic rings. The maximum absolute atomic E-state index is 13.0. The number of hydrogen-bond acceptors (Lipinski definition) is 5. The Kier molecular flexibility index (Phi) is 6.79. The topological polar surface area (TPSA) is 75.1 Å². The van der Waals surface area contributed by atoms with Gasteiger partial charge in [-0.1, -0.05) is 41.4 Å². The predicted octanol–water partition coefficient (Wildman–Crippen LogP) is 4.90. The van der Waals surface area contributed by atoms with Gasteiger partial charge in [-0.3, -0.25) is 0 Å². The monoisotopic (exact) mass is 463 g/mol. The Labute approximate surface area is 189 Å². The summed E-state index contributed by atoms with van der Waals surface area (Å²) in [4.78, 5) is 8.63. The van der Waals surface area contributed by atoms with Crippen LogP contribution in [-0.4, -0.2) is 24.0 Å². The number of thiophene rings is 1. The maximum Gasteiger partial charge on any atom is 0.138 e. The Morgan fingerprint density at radius 3 is 2.57 bits per heavy atom. The molecule has 30 heavy (non-hydrogen) atoms. The first-order chi connectivity index (χ1) is 14.0. The highest BCUT2D eigenvalue weighted by molar-refractivity contribution is 7.84. The van der Waals surface area contributed by atoms with Crippen LogP contribution >= 0.6 is 22.9 Å². The zero-order chi connectivity index (χ0) is 22.1. The van der Waals surface area contributed by atoms with Crippen LogP contribution in [0.25, 0.3) is 0 Å². The summed E-state index contributed by atoms with van der Waals surface area (Å²) in [5.74, 6) is 0. The molecule has 8 heteroatoms. The molecule has 3 atom stereocenters. The van der Waals surface area contributed by atoms with Gasteiger partial charge in [0.1, 0.15) is 17.6 Å². The summed E-state index contributed by atoms with van der Waals surface area (Å²) in [6.45, 7) is 9.86. The first-order valence-corrected chi connectivity index (χ1v) is 11.9. The lowest BCUT2D eigenvalue weighted by molar-refractivity contribution is 0.223. The number of aryl methyl sites for hydroxylation is 1. The summed E-state index contributed by atoms with van der Waals surface area (Å²) in [7, 11) is -1.30. The Bertz CT molecular complexity index is 1060. The van der Waals surface area contributed by atoms with Crippen LogP contribution in [0.1, 0.15) is 60.9 Å². The maximum atomic E-state index is 13.0. The van der Waals surface area contributed by atoms with Gasteiger partial charge in [-0.25, -0.2) is 18.9 Å². The van der Waals surface area contributed by atoms with E-state index in [4.69, 9.17) is 11.6 Å². The standard InChI is InChI=1S/C22H26ClN3O2S2/c1-14-7-6-8-15(9-14)22(5,26-30(28)21(2,3)4)16-10-18(29-12-16)19(27)17-11-24-13-25-20(17)23/h6-13,19,26-27H,1-5H3. The Balaban J connectivity index is 2.05. The molecule has 0 amide bonds.